The van der Waals surface area contributed by atoms with Crippen LogP contribution in [0.5, 0.6) is 17.2 Å². The second kappa shape index (κ2) is 14.8. The Morgan fingerprint density at radius 3 is 2.43 bits per heavy atom. The van der Waals surface area contributed by atoms with Crippen LogP contribution < -0.4 is 19.1 Å². The third kappa shape index (κ3) is 7.54. The average Bonchev–Trinajstić information content (AvgIpc) is 3.48. The molecule has 0 spiro atoms. The van der Waals surface area contributed by atoms with Gasteiger partial charge >= 0.3 is 0 Å². The van der Waals surface area contributed by atoms with Crippen molar-refractivity contribution in [3.63, 3.8) is 0 Å². The zero-order chi connectivity index (χ0) is 32.7. The molecule has 1 aromatic heterocycles. The largest absolute Gasteiger partial charge is 0.494 e. The molecule has 0 atom stereocenters. The van der Waals surface area contributed by atoms with Gasteiger partial charge in [-0.2, -0.15) is 9.78 Å². The van der Waals surface area contributed by atoms with Crippen molar-refractivity contribution in [3.8, 4) is 28.6 Å². The summed E-state index contributed by atoms with van der Waals surface area (Å²) in [6.45, 7) is 11.5. The lowest BCUT2D eigenvalue weighted by molar-refractivity contribution is 0.102. The highest BCUT2D eigenvalue weighted by molar-refractivity contribution is 7.99. The average molecular weight is 644 g/mol. The van der Waals surface area contributed by atoms with Gasteiger partial charge in [0.2, 0.25) is 5.16 Å². The summed E-state index contributed by atoms with van der Waals surface area (Å²) >= 11 is 1.30. The number of hydrogen-bond acceptors (Lipinski definition) is 10. The summed E-state index contributed by atoms with van der Waals surface area (Å²) in [7, 11) is 3.30. The molecule has 0 unspecified atom stereocenters. The summed E-state index contributed by atoms with van der Waals surface area (Å²) in [5, 5.41) is 14.2. The van der Waals surface area contributed by atoms with E-state index in [0.29, 0.717) is 47.9 Å². The van der Waals surface area contributed by atoms with Crippen LogP contribution in [-0.4, -0.2) is 79.8 Å². The molecule has 0 N–H and O–H groups in total. The molecule has 1 saturated heterocycles. The minimum absolute atomic E-state index is 0.0241. The van der Waals surface area contributed by atoms with Crippen molar-refractivity contribution in [2.45, 2.75) is 38.3 Å². The number of carbonyl (C=O) groups is 1. The number of carbonyl (C=O) groups excluding carboxylic acids is 1. The van der Waals surface area contributed by atoms with Crippen LogP contribution in [0, 0.1) is 0 Å². The molecule has 242 valence electrons. The van der Waals surface area contributed by atoms with E-state index >= 15 is 0 Å². The molecule has 2 heterocycles. The number of anilines is 1. The van der Waals surface area contributed by atoms with Gasteiger partial charge in [0.05, 0.1) is 51.7 Å². The molecule has 3 aromatic carbocycles. The van der Waals surface area contributed by atoms with Crippen LogP contribution in [0.1, 0.15) is 49.2 Å². The van der Waals surface area contributed by atoms with Gasteiger partial charge in [-0.05, 0) is 48.2 Å². The van der Waals surface area contributed by atoms with Gasteiger partial charge in [-0.15, -0.1) is 10.2 Å². The molecule has 0 bridgehead atoms. The number of benzene rings is 3. The van der Waals surface area contributed by atoms with Gasteiger partial charge in [0.15, 0.2) is 23.1 Å². The molecular formula is C35H41N5O5S. The first kappa shape index (κ1) is 33.0. The fourth-order valence-electron chi connectivity index (χ4n) is 5.19. The summed E-state index contributed by atoms with van der Waals surface area (Å²) < 4.78 is 24.4. The van der Waals surface area contributed by atoms with Crippen LogP contribution in [0.3, 0.4) is 0 Å². The smallest absolute Gasteiger partial charge is 0.212 e. The molecule has 11 heteroatoms. The summed E-state index contributed by atoms with van der Waals surface area (Å²) in [6, 6.07) is 19.3. The van der Waals surface area contributed by atoms with E-state index < -0.39 is 0 Å². The summed E-state index contributed by atoms with van der Waals surface area (Å²) in [6.07, 6.45) is 1.72. The lowest BCUT2D eigenvalue weighted by atomic mass is 9.84. The van der Waals surface area contributed by atoms with Crippen LogP contribution in [0.4, 0.5) is 5.69 Å². The van der Waals surface area contributed by atoms with E-state index in [0.717, 1.165) is 41.2 Å². The molecular weight excluding hydrogens is 602 g/mol. The topological polar surface area (TPSA) is 100 Å². The minimum atomic E-state index is -0.237. The maximum absolute atomic E-state index is 13.8. The first-order chi connectivity index (χ1) is 22.2. The van der Waals surface area contributed by atoms with E-state index in [1.807, 2.05) is 67.6 Å². The summed E-state index contributed by atoms with van der Waals surface area (Å²) in [5.74, 6) is 2.77. The third-order valence-electron chi connectivity index (χ3n) is 7.54. The Kier molecular flexibility index (Phi) is 10.6. The number of methoxy groups -OCH3 is 2. The number of thioether (sulfide) groups is 1. The van der Waals surface area contributed by atoms with Gasteiger partial charge in [-0.1, -0.05) is 62.9 Å². The van der Waals surface area contributed by atoms with Crippen LogP contribution in [0.25, 0.3) is 11.4 Å². The molecule has 5 rings (SSSR count). The quantitative estimate of drug-likeness (QED) is 0.0993. The Balaban J connectivity index is 1.46. The Hall–Kier alpha value is -4.35. The van der Waals surface area contributed by atoms with E-state index in [4.69, 9.17) is 24.0 Å². The number of ether oxygens (including phenoxy) is 4. The molecule has 0 radical (unpaired) electrons. The monoisotopic (exact) mass is 643 g/mol. The molecule has 1 fully saturated rings. The highest BCUT2D eigenvalue weighted by atomic mass is 32.2. The summed E-state index contributed by atoms with van der Waals surface area (Å²) in [4.78, 5) is 16.1. The highest BCUT2D eigenvalue weighted by Gasteiger charge is 2.27. The van der Waals surface area contributed by atoms with Crippen molar-refractivity contribution in [1.29, 1.82) is 0 Å². The maximum Gasteiger partial charge on any atom is 0.212 e. The number of aromatic nitrogens is 3. The van der Waals surface area contributed by atoms with Crippen molar-refractivity contribution in [1.82, 2.24) is 14.9 Å². The second-order valence-corrected chi connectivity index (χ2v) is 12.7. The Labute approximate surface area is 274 Å². The van der Waals surface area contributed by atoms with Gasteiger partial charge in [0.1, 0.15) is 5.75 Å². The lowest BCUT2D eigenvalue weighted by Crippen LogP contribution is -2.37. The van der Waals surface area contributed by atoms with Gasteiger partial charge in [-0.3, -0.25) is 4.79 Å². The number of ketones is 1. The summed E-state index contributed by atoms with van der Waals surface area (Å²) in [5.41, 5.74) is 3.95. The highest BCUT2D eigenvalue weighted by Crippen LogP contribution is 2.41. The van der Waals surface area contributed by atoms with E-state index in [9.17, 15) is 4.79 Å². The van der Waals surface area contributed by atoms with Crippen molar-refractivity contribution >= 4 is 29.4 Å². The predicted octanol–water partition coefficient (Wildman–Crippen LogP) is 6.35. The minimum Gasteiger partial charge on any atom is -0.494 e. The first-order valence-corrected chi connectivity index (χ1v) is 16.3. The normalized spacial score (nSPS) is 13.7. The zero-order valence-electron chi connectivity index (χ0n) is 27.3. The van der Waals surface area contributed by atoms with Crippen molar-refractivity contribution < 1.29 is 23.7 Å². The van der Waals surface area contributed by atoms with E-state index in [2.05, 4.69) is 35.9 Å². The van der Waals surface area contributed by atoms with Crippen LogP contribution in [-0.2, 0) is 10.2 Å². The number of hydrogen-bond donors (Lipinski definition) is 0. The van der Waals surface area contributed by atoms with Crippen LogP contribution in [0.2, 0.25) is 0 Å². The van der Waals surface area contributed by atoms with Gasteiger partial charge < -0.3 is 23.8 Å². The standard InChI is InChI=1S/C35H41N5O5S/c1-7-45-31-19-24(13-14-30(31)42-5)22-36-40-33(25-11-9-8-10-12-25)37-38-34(40)46-23-29(41)26-20-27(35(2,3)4)32(43-6)28(21-26)39-15-17-44-18-16-39/h8-14,19-22H,7,15-18,23H2,1-6H3/b36-22+. The lowest BCUT2D eigenvalue weighted by Gasteiger charge is -2.33. The van der Waals surface area contributed by atoms with E-state index in [1.165, 1.54) is 11.8 Å². The van der Waals surface area contributed by atoms with Gasteiger partial charge in [0, 0.05) is 29.8 Å². The molecule has 0 saturated carbocycles. The van der Waals surface area contributed by atoms with Crippen LogP contribution in [0.15, 0.2) is 70.9 Å². The first-order valence-electron chi connectivity index (χ1n) is 15.3. The van der Waals surface area contributed by atoms with Gasteiger partial charge in [-0.25, -0.2) is 0 Å². The number of Topliss-reactive ketones (excluding diaryl/α,β-unsaturated/α-hetero) is 1. The van der Waals surface area contributed by atoms with Gasteiger partial charge in [0.25, 0.3) is 0 Å². The predicted molar refractivity (Wildman–Crippen MR) is 182 cm³/mol. The maximum atomic E-state index is 13.8. The molecule has 46 heavy (non-hydrogen) atoms. The van der Waals surface area contributed by atoms with Crippen molar-refractivity contribution in [3.05, 3.63) is 77.4 Å². The molecule has 10 nitrogen and oxygen atoms in total. The Morgan fingerprint density at radius 2 is 1.76 bits per heavy atom. The number of rotatable bonds is 12. The SMILES string of the molecule is CCOc1cc(/C=N/n2c(SCC(=O)c3cc(N4CCOCC4)c(OC)c(C(C)(C)C)c3)nnc2-c2ccccc2)ccc1OC. The Morgan fingerprint density at radius 1 is 1.00 bits per heavy atom. The molecule has 0 amide bonds. The van der Waals surface area contributed by atoms with Crippen LogP contribution >= 0.6 is 11.8 Å². The third-order valence-corrected chi connectivity index (χ3v) is 8.46. The molecule has 0 aliphatic carbocycles. The molecule has 4 aromatic rings. The Bertz CT molecular complexity index is 1680. The number of nitrogens with zero attached hydrogens (tertiary/aromatic N) is 5. The number of morpholine rings is 1. The van der Waals surface area contributed by atoms with E-state index in [1.54, 1.807) is 25.1 Å². The fraction of sp³-hybridized carbons (Fsp3) is 0.371. The van der Waals surface area contributed by atoms with Crippen molar-refractivity contribution in [2.75, 3.05) is 57.8 Å². The van der Waals surface area contributed by atoms with Crippen molar-refractivity contribution in [2.24, 2.45) is 5.10 Å². The fourth-order valence-corrected chi connectivity index (χ4v) is 5.97. The zero-order valence-corrected chi connectivity index (χ0v) is 28.1. The molecule has 1 aliphatic rings. The molecule has 1 aliphatic heterocycles. The second-order valence-electron chi connectivity index (χ2n) is 11.7. The van der Waals surface area contributed by atoms with E-state index in [-0.39, 0.29) is 17.0 Å².